The maximum Gasteiger partial charge on any atom is 0.227 e. The van der Waals surface area contributed by atoms with Gasteiger partial charge in [0.15, 0.2) is 0 Å². The van der Waals surface area contributed by atoms with E-state index in [-0.39, 0.29) is 17.6 Å². The third kappa shape index (κ3) is 14.9. The number of carbonyl (C=O) groups excluding carboxylic acids is 2. The van der Waals surface area contributed by atoms with Crippen LogP contribution in [0.4, 0.5) is 0 Å². The highest BCUT2D eigenvalue weighted by molar-refractivity contribution is 5.80. The number of Topliss-reactive ketones (excluding diaryl/α,β-unsaturated/α-hetero) is 1. The van der Waals surface area contributed by atoms with Crippen LogP contribution < -0.4 is 5.32 Å². The minimum Gasteiger partial charge on any atom is -0.330 e. The fraction of sp³-hybridized carbons (Fsp3) is 0.818. The van der Waals surface area contributed by atoms with Gasteiger partial charge in [0.1, 0.15) is 5.78 Å². The van der Waals surface area contributed by atoms with Gasteiger partial charge in [0, 0.05) is 18.0 Å². The van der Waals surface area contributed by atoms with Gasteiger partial charge in [0.2, 0.25) is 5.91 Å². The molecular formula is C22H41NO2. The Labute approximate surface area is 156 Å². The second-order valence-electron chi connectivity index (χ2n) is 7.40. The normalized spacial score (nSPS) is 12.0. The van der Waals surface area contributed by atoms with Gasteiger partial charge in [0.05, 0.1) is 0 Å². The van der Waals surface area contributed by atoms with Gasteiger partial charge in [-0.2, -0.15) is 0 Å². The summed E-state index contributed by atoms with van der Waals surface area (Å²) in [4.78, 5) is 23.6. The largest absolute Gasteiger partial charge is 0.330 e. The summed E-state index contributed by atoms with van der Waals surface area (Å²) in [6.07, 6.45) is 15.3. The van der Waals surface area contributed by atoms with Crippen LogP contribution in [0.2, 0.25) is 0 Å². The number of allylic oxidation sites excluding steroid dienone is 1. The summed E-state index contributed by atoms with van der Waals surface area (Å²) >= 11 is 0. The molecule has 0 saturated heterocycles. The number of amides is 1. The van der Waals surface area contributed by atoms with Crippen LogP contribution in [0.15, 0.2) is 12.3 Å². The number of rotatable bonds is 17. The van der Waals surface area contributed by atoms with E-state index in [4.69, 9.17) is 0 Å². The van der Waals surface area contributed by atoms with Crippen molar-refractivity contribution in [2.24, 2.45) is 5.92 Å². The molecule has 1 atom stereocenters. The van der Waals surface area contributed by atoms with Gasteiger partial charge in [-0.15, -0.1) is 0 Å². The number of hydrogen-bond acceptors (Lipinski definition) is 2. The van der Waals surface area contributed by atoms with E-state index in [1.54, 1.807) is 6.92 Å². The summed E-state index contributed by atoms with van der Waals surface area (Å²) in [6.45, 7) is 9.92. The van der Waals surface area contributed by atoms with Crippen molar-refractivity contribution in [2.45, 2.75) is 111 Å². The van der Waals surface area contributed by atoms with E-state index < -0.39 is 0 Å². The molecule has 0 aromatic rings. The molecule has 0 radical (unpaired) electrons. The van der Waals surface area contributed by atoms with Gasteiger partial charge >= 0.3 is 0 Å². The van der Waals surface area contributed by atoms with E-state index in [9.17, 15) is 9.59 Å². The van der Waals surface area contributed by atoms with Crippen molar-refractivity contribution in [2.75, 3.05) is 0 Å². The van der Waals surface area contributed by atoms with Crippen LogP contribution in [0.1, 0.15) is 111 Å². The molecule has 0 aromatic heterocycles. The van der Waals surface area contributed by atoms with Gasteiger partial charge < -0.3 is 10.1 Å². The highest BCUT2D eigenvalue weighted by atomic mass is 16.2. The second kappa shape index (κ2) is 16.4. The average Bonchev–Trinajstić information content (AvgIpc) is 2.57. The van der Waals surface area contributed by atoms with Crippen LogP contribution in [0.3, 0.4) is 0 Å². The Morgan fingerprint density at radius 1 is 0.800 bits per heavy atom. The zero-order valence-electron chi connectivity index (χ0n) is 17.0. The van der Waals surface area contributed by atoms with E-state index in [1.807, 2.05) is 0 Å². The number of hydrogen-bond donors (Lipinski definition) is 1. The summed E-state index contributed by atoms with van der Waals surface area (Å²) in [5.41, 5.74) is 0.682. The molecule has 1 unspecified atom stereocenters. The van der Waals surface area contributed by atoms with Crippen LogP contribution in [0.25, 0.3) is 0 Å². The summed E-state index contributed by atoms with van der Waals surface area (Å²) < 4.78 is 0. The van der Waals surface area contributed by atoms with Crippen LogP contribution in [0, 0.1) is 5.92 Å². The number of carbonyl (C=O) groups is 2. The summed E-state index contributed by atoms with van der Waals surface area (Å²) in [5, 5.41) is 2.95. The minimum absolute atomic E-state index is 0.0945. The monoisotopic (exact) mass is 351 g/mol. The molecule has 0 rings (SSSR count). The molecule has 25 heavy (non-hydrogen) atoms. The molecule has 0 aliphatic heterocycles. The van der Waals surface area contributed by atoms with E-state index in [1.165, 1.54) is 51.4 Å². The Hall–Kier alpha value is -1.12. The first-order valence-electron chi connectivity index (χ1n) is 10.5. The standard InChI is InChI=1S/C22H41NO2/c1-5-7-9-11-12-14-16-21(15-13-10-8-6-2)22(25)23-19(3)17-18-20(4)24/h21H,3,5-18H2,1-2,4H3,(H,23,25). The SMILES string of the molecule is C=C(CCC(C)=O)NC(=O)C(CCCCCC)CCCCCCCC. The third-order valence-electron chi connectivity index (χ3n) is 4.76. The summed E-state index contributed by atoms with van der Waals surface area (Å²) in [6, 6.07) is 0. The molecule has 0 spiro atoms. The molecule has 0 aromatic carbocycles. The smallest absolute Gasteiger partial charge is 0.227 e. The maximum absolute atomic E-state index is 12.6. The maximum atomic E-state index is 12.6. The molecule has 1 N–H and O–H groups in total. The number of nitrogens with one attached hydrogen (secondary N) is 1. The Morgan fingerprint density at radius 2 is 1.28 bits per heavy atom. The van der Waals surface area contributed by atoms with Gasteiger partial charge in [-0.05, 0) is 26.2 Å². The van der Waals surface area contributed by atoms with Crippen molar-refractivity contribution in [3.8, 4) is 0 Å². The van der Waals surface area contributed by atoms with Crippen LogP contribution in [-0.4, -0.2) is 11.7 Å². The third-order valence-corrected chi connectivity index (χ3v) is 4.76. The first kappa shape index (κ1) is 23.9. The molecule has 0 heterocycles. The zero-order chi connectivity index (χ0) is 18.9. The summed E-state index contributed by atoms with van der Waals surface area (Å²) in [7, 11) is 0. The first-order chi connectivity index (χ1) is 12.0. The molecule has 0 saturated carbocycles. The Kier molecular flexibility index (Phi) is 15.6. The molecule has 0 bridgehead atoms. The Morgan fingerprint density at radius 3 is 1.80 bits per heavy atom. The lowest BCUT2D eigenvalue weighted by Crippen LogP contribution is -2.30. The minimum atomic E-state index is 0.0945. The molecular weight excluding hydrogens is 310 g/mol. The van der Waals surface area contributed by atoms with E-state index in [0.29, 0.717) is 18.5 Å². The van der Waals surface area contributed by atoms with Gasteiger partial charge in [-0.1, -0.05) is 84.6 Å². The van der Waals surface area contributed by atoms with Crippen molar-refractivity contribution < 1.29 is 9.59 Å². The Bertz CT molecular complexity index is 376. The summed E-state index contributed by atoms with van der Waals surface area (Å²) in [5.74, 6) is 0.342. The van der Waals surface area contributed by atoms with Crippen molar-refractivity contribution in [1.29, 1.82) is 0 Å². The molecule has 1 amide bonds. The number of unbranched alkanes of at least 4 members (excludes halogenated alkanes) is 8. The zero-order valence-corrected chi connectivity index (χ0v) is 17.0. The molecule has 3 heteroatoms. The van der Waals surface area contributed by atoms with Crippen LogP contribution in [0.5, 0.6) is 0 Å². The van der Waals surface area contributed by atoms with E-state index in [0.717, 1.165) is 25.7 Å². The van der Waals surface area contributed by atoms with E-state index >= 15 is 0 Å². The quantitative estimate of drug-likeness (QED) is 0.311. The molecule has 0 fully saturated rings. The van der Waals surface area contributed by atoms with Crippen molar-refractivity contribution in [3.05, 3.63) is 12.3 Å². The molecule has 3 nitrogen and oxygen atoms in total. The molecule has 0 aliphatic carbocycles. The van der Waals surface area contributed by atoms with Gasteiger partial charge in [0.25, 0.3) is 0 Å². The lowest BCUT2D eigenvalue weighted by atomic mass is 9.93. The van der Waals surface area contributed by atoms with Crippen molar-refractivity contribution in [3.63, 3.8) is 0 Å². The van der Waals surface area contributed by atoms with Gasteiger partial charge in [-0.25, -0.2) is 0 Å². The van der Waals surface area contributed by atoms with E-state index in [2.05, 4.69) is 25.7 Å². The fourth-order valence-corrected chi connectivity index (χ4v) is 3.06. The Balaban J connectivity index is 4.26. The average molecular weight is 352 g/mol. The fourth-order valence-electron chi connectivity index (χ4n) is 3.06. The predicted octanol–water partition coefficient (Wildman–Crippen LogP) is 6.32. The lowest BCUT2D eigenvalue weighted by Gasteiger charge is -2.18. The highest BCUT2D eigenvalue weighted by Crippen LogP contribution is 2.20. The topological polar surface area (TPSA) is 46.2 Å². The lowest BCUT2D eigenvalue weighted by molar-refractivity contribution is -0.125. The molecule has 0 aliphatic rings. The second-order valence-corrected chi connectivity index (χ2v) is 7.40. The molecule has 146 valence electrons. The highest BCUT2D eigenvalue weighted by Gasteiger charge is 2.18. The van der Waals surface area contributed by atoms with Crippen molar-refractivity contribution >= 4 is 11.7 Å². The van der Waals surface area contributed by atoms with Crippen molar-refractivity contribution in [1.82, 2.24) is 5.32 Å². The van der Waals surface area contributed by atoms with Gasteiger partial charge in [-0.3, -0.25) is 4.79 Å². The first-order valence-corrected chi connectivity index (χ1v) is 10.5. The van der Waals surface area contributed by atoms with Crippen LogP contribution in [-0.2, 0) is 9.59 Å². The van der Waals surface area contributed by atoms with Crippen LogP contribution >= 0.6 is 0 Å². The predicted molar refractivity (Wildman–Crippen MR) is 107 cm³/mol. The number of ketones is 1.